The van der Waals surface area contributed by atoms with E-state index in [9.17, 15) is 0 Å². The van der Waals surface area contributed by atoms with Crippen LogP contribution in [0.2, 0.25) is 0 Å². The Bertz CT molecular complexity index is 383. The molecule has 2 rings (SSSR count). The highest BCUT2D eigenvalue weighted by molar-refractivity contribution is 5.46. The molecule has 0 fully saturated rings. The van der Waals surface area contributed by atoms with Crippen molar-refractivity contribution in [3.8, 4) is 17.2 Å². The minimum absolute atomic E-state index is 0.107. The third kappa shape index (κ3) is 3.51. The zero-order chi connectivity index (χ0) is 12.8. The Balaban J connectivity index is 1.68. The fourth-order valence-electron chi connectivity index (χ4n) is 1.57. The summed E-state index contributed by atoms with van der Waals surface area (Å²) in [5.41, 5.74) is 5.45. The lowest BCUT2D eigenvalue weighted by Crippen LogP contribution is -2.21. The van der Waals surface area contributed by atoms with Crippen LogP contribution < -0.4 is 19.9 Å². The van der Waals surface area contributed by atoms with Gasteiger partial charge in [0.15, 0.2) is 11.5 Å². The Morgan fingerprint density at radius 3 is 2.94 bits per heavy atom. The van der Waals surface area contributed by atoms with Gasteiger partial charge >= 0.3 is 0 Å². The highest BCUT2D eigenvalue weighted by Crippen LogP contribution is 2.35. The molecule has 1 aromatic rings. The molecule has 100 valence electrons. The van der Waals surface area contributed by atoms with Gasteiger partial charge in [0, 0.05) is 19.0 Å². The van der Waals surface area contributed by atoms with Gasteiger partial charge in [0.2, 0.25) is 6.79 Å². The number of hydrogen-bond acceptors (Lipinski definition) is 5. The average Bonchev–Trinajstić information content (AvgIpc) is 2.85. The fourth-order valence-corrected chi connectivity index (χ4v) is 1.57. The van der Waals surface area contributed by atoms with Crippen LogP contribution in [-0.4, -0.2) is 32.7 Å². The van der Waals surface area contributed by atoms with E-state index < -0.39 is 0 Å². The molecule has 1 aromatic carbocycles. The number of hydrogen-bond donors (Lipinski definition) is 1. The van der Waals surface area contributed by atoms with Crippen LogP contribution in [-0.2, 0) is 4.74 Å². The maximum absolute atomic E-state index is 5.60. The molecule has 1 unspecified atom stereocenters. The summed E-state index contributed by atoms with van der Waals surface area (Å²) in [7, 11) is 0. The fraction of sp³-hybridized carbons (Fsp3) is 0.538. The van der Waals surface area contributed by atoms with Gasteiger partial charge in [-0.2, -0.15) is 0 Å². The van der Waals surface area contributed by atoms with Crippen molar-refractivity contribution in [1.82, 2.24) is 0 Å². The molecule has 1 heterocycles. The van der Waals surface area contributed by atoms with Crippen LogP contribution >= 0.6 is 0 Å². The Kier molecular flexibility index (Phi) is 4.66. The molecule has 5 nitrogen and oxygen atoms in total. The Morgan fingerprint density at radius 1 is 1.28 bits per heavy atom. The summed E-state index contributed by atoms with van der Waals surface area (Å²) in [5, 5.41) is 0. The summed E-state index contributed by atoms with van der Waals surface area (Å²) in [6, 6.07) is 5.56. The van der Waals surface area contributed by atoms with Crippen LogP contribution in [0, 0.1) is 0 Å². The van der Waals surface area contributed by atoms with Crippen molar-refractivity contribution in [2.75, 3.05) is 26.6 Å². The van der Waals surface area contributed by atoms with E-state index in [1.165, 1.54) is 0 Å². The normalized spacial score (nSPS) is 14.6. The lowest BCUT2D eigenvalue weighted by Gasteiger charge is -2.11. The topological polar surface area (TPSA) is 62.9 Å². The minimum atomic E-state index is 0.107. The van der Waals surface area contributed by atoms with Gasteiger partial charge < -0.3 is 24.7 Å². The summed E-state index contributed by atoms with van der Waals surface area (Å²) in [5.74, 6) is 2.29. The monoisotopic (exact) mass is 253 g/mol. The predicted octanol–water partition coefficient (Wildman–Crippen LogP) is 1.55. The van der Waals surface area contributed by atoms with Crippen LogP contribution in [0.25, 0.3) is 0 Å². The number of nitrogens with two attached hydrogens (primary N) is 1. The predicted molar refractivity (Wildman–Crippen MR) is 67.1 cm³/mol. The van der Waals surface area contributed by atoms with E-state index >= 15 is 0 Å². The van der Waals surface area contributed by atoms with Gasteiger partial charge in [0.25, 0.3) is 0 Å². The first-order valence-electron chi connectivity index (χ1n) is 6.13. The van der Waals surface area contributed by atoms with Crippen molar-refractivity contribution in [2.45, 2.75) is 19.4 Å². The third-order valence-electron chi connectivity index (χ3n) is 2.64. The van der Waals surface area contributed by atoms with Crippen molar-refractivity contribution in [3.63, 3.8) is 0 Å². The molecule has 2 N–H and O–H groups in total. The van der Waals surface area contributed by atoms with Gasteiger partial charge in [0.05, 0.1) is 19.3 Å². The highest BCUT2D eigenvalue weighted by Gasteiger charge is 2.13. The quantitative estimate of drug-likeness (QED) is 0.747. The summed E-state index contributed by atoms with van der Waals surface area (Å²) in [6.07, 6.45) is 0.939. The van der Waals surface area contributed by atoms with Gasteiger partial charge in [0.1, 0.15) is 5.75 Å². The second-order valence-electron chi connectivity index (χ2n) is 4.13. The second-order valence-corrected chi connectivity index (χ2v) is 4.13. The SMILES string of the molecule is CC(CN)OCCCOc1ccc2c(c1)OCO2. The molecule has 0 spiro atoms. The number of benzene rings is 1. The van der Waals surface area contributed by atoms with E-state index in [0.717, 1.165) is 23.7 Å². The lowest BCUT2D eigenvalue weighted by atomic mass is 10.3. The van der Waals surface area contributed by atoms with Crippen molar-refractivity contribution in [1.29, 1.82) is 0 Å². The smallest absolute Gasteiger partial charge is 0.231 e. The minimum Gasteiger partial charge on any atom is -0.493 e. The van der Waals surface area contributed by atoms with E-state index in [4.69, 9.17) is 24.7 Å². The van der Waals surface area contributed by atoms with E-state index in [1.807, 2.05) is 25.1 Å². The van der Waals surface area contributed by atoms with Gasteiger partial charge in [-0.1, -0.05) is 0 Å². The molecule has 1 aliphatic heterocycles. The number of fused-ring (bicyclic) bond motifs is 1. The lowest BCUT2D eigenvalue weighted by molar-refractivity contribution is 0.0631. The average molecular weight is 253 g/mol. The van der Waals surface area contributed by atoms with E-state index in [1.54, 1.807) is 0 Å². The molecular weight excluding hydrogens is 234 g/mol. The van der Waals surface area contributed by atoms with Crippen LogP contribution in [0.3, 0.4) is 0 Å². The van der Waals surface area contributed by atoms with Crippen LogP contribution in [0.1, 0.15) is 13.3 Å². The maximum Gasteiger partial charge on any atom is 0.231 e. The highest BCUT2D eigenvalue weighted by atomic mass is 16.7. The Labute approximate surface area is 107 Å². The van der Waals surface area contributed by atoms with Crippen molar-refractivity contribution >= 4 is 0 Å². The summed E-state index contributed by atoms with van der Waals surface area (Å²) in [6.45, 7) is 4.05. The molecule has 18 heavy (non-hydrogen) atoms. The number of ether oxygens (including phenoxy) is 4. The number of rotatable bonds is 7. The molecule has 0 amide bonds. The Hall–Kier alpha value is -1.46. The van der Waals surface area contributed by atoms with Gasteiger partial charge in [-0.3, -0.25) is 0 Å². The van der Waals surface area contributed by atoms with Crippen molar-refractivity contribution in [2.24, 2.45) is 5.73 Å². The summed E-state index contributed by atoms with van der Waals surface area (Å²) < 4.78 is 21.6. The summed E-state index contributed by atoms with van der Waals surface area (Å²) in [4.78, 5) is 0. The molecule has 0 aromatic heterocycles. The zero-order valence-corrected chi connectivity index (χ0v) is 10.6. The molecule has 0 radical (unpaired) electrons. The summed E-state index contributed by atoms with van der Waals surface area (Å²) >= 11 is 0. The first kappa shape index (κ1) is 13.0. The second kappa shape index (κ2) is 6.47. The van der Waals surface area contributed by atoms with Crippen molar-refractivity contribution < 1.29 is 18.9 Å². The standard InChI is InChI=1S/C13H19NO4/c1-10(8-14)15-5-2-6-16-11-3-4-12-13(7-11)18-9-17-12/h3-4,7,10H,2,5-6,8-9,14H2,1H3. The van der Waals surface area contributed by atoms with E-state index in [0.29, 0.717) is 19.8 Å². The molecule has 1 atom stereocenters. The molecule has 0 bridgehead atoms. The third-order valence-corrected chi connectivity index (χ3v) is 2.64. The van der Waals surface area contributed by atoms with Crippen LogP contribution in [0.15, 0.2) is 18.2 Å². The van der Waals surface area contributed by atoms with Crippen LogP contribution in [0.5, 0.6) is 17.2 Å². The molecule has 0 saturated carbocycles. The van der Waals surface area contributed by atoms with Gasteiger partial charge in [-0.15, -0.1) is 0 Å². The van der Waals surface area contributed by atoms with Gasteiger partial charge in [-0.05, 0) is 19.1 Å². The molecule has 1 aliphatic rings. The Morgan fingerprint density at radius 2 is 2.11 bits per heavy atom. The zero-order valence-electron chi connectivity index (χ0n) is 10.6. The molecule has 0 saturated heterocycles. The van der Waals surface area contributed by atoms with Crippen LogP contribution in [0.4, 0.5) is 0 Å². The molecule has 5 heteroatoms. The molecule has 0 aliphatic carbocycles. The largest absolute Gasteiger partial charge is 0.493 e. The van der Waals surface area contributed by atoms with E-state index in [2.05, 4.69) is 0 Å². The first-order valence-corrected chi connectivity index (χ1v) is 6.13. The van der Waals surface area contributed by atoms with Crippen molar-refractivity contribution in [3.05, 3.63) is 18.2 Å². The van der Waals surface area contributed by atoms with E-state index in [-0.39, 0.29) is 12.9 Å². The van der Waals surface area contributed by atoms with Gasteiger partial charge in [-0.25, -0.2) is 0 Å². The maximum atomic E-state index is 5.60. The first-order chi connectivity index (χ1) is 8.79. The molecular formula is C13H19NO4.